The molecule has 0 saturated carbocycles. The zero-order chi connectivity index (χ0) is 13.9. The zero-order valence-electron chi connectivity index (χ0n) is 11.9. The average Bonchev–Trinajstić information content (AvgIpc) is 2.94. The Bertz CT molecular complexity index is 498. The van der Waals surface area contributed by atoms with Gasteiger partial charge in [0.2, 0.25) is 0 Å². The van der Waals surface area contributed by atoms with Crippen LogP contribution in [0.1, 0.15) is 29.3 Å². The summed E-state index contributed by atoms with van der Waals surface area (Å²) in [7, 11) is 0. The topological polar surface area (TPSA) is 38.8 Å². The molecule has 1 aromatic carbocycles. The van der Waals surface area contributed by atoms with Gasteiger partial charge in [-0.3, -0.25) is 9.69 Å². The van der Waals surface area contributed by atoms with Gasteiger partial charge in [0.25, 0.3) is 0 Å². The third kappa shape index (κ3) is 2.72. The fourth-order valence-corrected chi connectivity index (χ4v) is 2.91. The molecule has 3 rings (SSSR count). The predicted molar refractivity (Wildman–Crippen MR) is 76.4 cm³/mol. The first-order chi connectivity index (χ1) is 9.78. The van der Waals surface area contributed by atoms with E-state index in [1.54, 1.807) is 0 Å². The van der Waals surface area contributed by atoms with Gasteiger partial charge in [0.05, 0.1) is 13.2 Å². The van der Waals surface area contributed by atoms with Crippen LogP contribution in [0.5, 0.6) is 5.75 Å². The second kappa shape index (κ2) is 5.94. The molecule has 0 spiro atoms. The van der Waals surface area contributed by atoms with Crippen LogP contribution in [0.15, 0.2) is 18.2 Å². The Kier molecular flexibility index (Phi) is 4.03. The second-order valence-corrected chi connectivity index (χ2v) is 5.45. The van der Waals surface area contributed by atoms with Crippen LogP contribution in [0, 0.1) is 0 Å². The highest BCUT2D eigenvalue weighted by Crippen LogP contribution is 2.26. The van der Waals surface area contributed by atoms with Gasteiger partial charge < -0.3 is 9.47 Å². The van der Waals surface area contributed by atoms with Crippen LogP contribution in [0.2, 0.25) is 0 Å². The molecular formula is C16H21NO3. The lowest BCUT2D eigenvalue weighted by Crippen LogP contribution is -2.46. The number of Topliss-reactive ketones (excluding diaryl/α,β-unsaturated/α-hetero) is 1. The maximum Gasteiger partial charge on any atom is 0.192 e. The molecule has 0 radical (unpaired) electrons. The molecule has 2 aliphatic heterocycles. The third-order valence-electron chi connectivity index (χ3n) is 3.96. The van der Waals surface area contributed by atoms with Crippen LogP contribution < -0.4 is 4.74 Å². The number of nitrogens with zero attached hydrogens (tertiary/aromatic N) is 1. The summed E-state index contributed by atoms with van der Waals surface area (Å²) in [6.07, 6.45) is 1.68. The first kappa shape index (κ1) is 13.6. The molecule has 2 aliphatic rings. The minimum absolute atomic E-state index is 0.0977. The fourth-order valence-electron chi connectivity index (χ4n) is 2.91. The minimum atomic E-state index is -0.323. The van der Waals surface area contributed by atoms with Crippen molar-refractivity contribution < 1.29 is 14.3 Å². The number of ketones is 1. The van der Waals surface area contributed by atoms with E-state index in [9.17, 15) is 4.79 Å². The van der Waals surface area contributed by atoms with Crippen LogP contribution in [0.4, 0.5) is 0 Å². The van der Waals surface area contributed by atoms with Gasteiger partial charge in [-0.05, 0) is 36.7 Å². The highest BCUT2D eigenvalue weighted by Gasteiger charge is 2.27. The number of benzene rings is 1. The fraction of sp³-hybridized carbons (Fsp3) is 0.562. The van der Waals surface area contributed by atoms with Gasteiger partial charge in [0.1, 0.15) is 11.9 Å². The predicted octanol–water partition coefficient (Wildman–Crippen LogP) is 1.92. The van der Waals surface area contributed by atoms with Crippen molar-refractivity contribution >= 4 is 5.78 Å². The molecule has 0 aromatic heterocycles. The van der Waals surface area contributed by atoms with E-state index in [4.69, 9.17) is 9.47 Å². The summed E-state index contributed by atoms with van der Waals surface area (Å²) in [4.78, 5) is 14.9. The van der Waals surface area contributed by atoms with Gasteiger partial charge >= 0.3 is 0 Å². The van der Waals surface area contributed by atoms with Crippen molar-refractivity contribution in [2.24, 2.45) is 0 Å². The molecule has 0 aliphatic carbocycles. The molecule has 0 bridgehead atoms. The van der Waals surface area contributed by atoms with Crippen LogP contribution >= 0.6 is 0 Å². The van der Waals surface area contributed by atoms with E-state index in [1.807, 2.05) is 18.2 Å². The largest absolute Gasteiger partial charge is 0.493 e. The first-order valence-corrected chi connectivity index (χ1v) is 7.42. The average molecular weight is 275 g/mol. The molecule has 108 valence electrons. The number of fused-ring (bicyclic) bond motifs is 1. The summed E-state index contributed by atoms with van der Waals surface area (Å²) >= 11 is 0. The minimum Gasteiger partial charge on any atom is -0.493 e. The lowest BCUT2D eigenvalue weighted by Gasteiger charge is -2.31. The van der Waals surface area contributed by atoms with Crippen molar-refractivity contribution in [3.8, 4) is 5.75 Å². The molecule has 1 fully saturated rings. The van der Waals surface area contributed by atoms with Crippen LogP contribution in [-0.4, -0.2) is 49.6 Å². The lowest BCUT2D eigenvalue weighted by atomic mass is 10.0. The summed E-state index contributed by atoms with van der Waals surface area (Å²) in [6, 6.07) is 5.73. The number of carbonyl (C=O) groups excluding carboxylic acids is 1. The van der Waals surface area contributed by atoms with Crippen LogP contribution in [0.3, 0.4) is 0 Å². The number of ether oxygens (including phenoxy) is 2. The maximum absolute atomic E-state index is 12.6. The Morgan fingerprint density at radius 1 is 1.40 bits per heavy atom. The van der Waals surface area contributed by atoms with Crippen molar-refractivity contribution in [3.05, 3.63) is 29.3 Å². The zero-order valence-corrected chi connectivity index (χ0v) is 11.9. The van der Waals surface area contributed by atoms with Crippen molar-refractivity contribution in [3.63, 3.8) is 0 Å². The summed E-state index contributed by atoms with van der Waals surface area (Å²) < 4.78 is 11.1. The van der Waals surface area contributed by atoms with E-state index < -0.39 is 0 Å². The number of rotatable bonds is 4. The molecule has 4 heteroatoms. The smallest absolute Gasteiger partial charge is 0.192 e. The second-order valence-electron chi connectivity index (χ2n) is 5.45. The van der Waals surface area contributed by atoms with Gasteiger partial charge in [-0.1, -0.05) is 6.92 Å². The van der Waals surface area contributed by atoms with Gasteiger partial charge in [-0.15, -0.1) is 0 Å². The van der Waals surface area contributed by atoms with E-state index >= 15 is 0 Å². The first-order valence-electron chi connectivity index (χ1n) is 7.42. The number of hydrogen-bond donors (Lipinski definition) is 0. The van der Waals surface area contributed by atoms with Crippen LogP contribution in [-0.2, 0) is 11.2 Å². The quantitative estimate of drug-likeness (QED) is 0.787. The third-order valence-corrected chi connectivity index (χ3v) is 3.96. The van der Waals surface area contributed by atoms with E-state index in [0.717, 1.165) is 49.4 Å². The molecule has 1 unspecified atom stereocenters. The summed E-state index contributed by atoms with van der Waals surface area (Å²) in [5.41, 5.74) is 1.88. The Hall–Kier alpha value is -1.39. The molecule has 20 heavy (non-hydrogen) atoms. The molecule has 1 atom stereocenters. The highest BCUT2D eigenvalue weighted by molar-refractivity contribution is 6.00. The number of hydrogen-bond acceptors (Lipinski definition) is 4. The van der Waals surface area contributed by atoms with Gasteiger partial charge in [0.15, 0.2) is 5.78 Å². The van der Waals surface area contributed by atoms with Crippen LogP contribution in [0.25, 0.3) is 0 Å². The van der Waals surface area contributed by atoms with E-state index in [2.05, 4.69) is 11.8 Å². The molecule has 4 nitrogen and oxygen atoms in total. The molecule has 1 aromatic rings. The SMILES string of the molecule is CCCN1CCOC(C(=O)c2ccc3c(c2)CCO3)C1. The standard InChI is InChI=1S/C16H21NO3/c1-2-6-17-7-9-20-15(11-17)16(18)13-3-4-14-12(10-13)5-8-19-14/h3-4,10,15H,2,5-9,11H2,1H3. The summed E-state index contributed by atoms with van der Waals surface area (Å²) in [5.74, 6) is 1.01. The van der Waals surface area contributed by atoms with Gasteiger partial charge in [-0.25, -0.2) is 0 Å². The Morgan fingerprint density at radius 3 is 3.15 bits per heavy atom. The highest BCUT2D eigenvalue weighted by atomic mass is 16.5. The monoisotopic (exact) mass is 275 g/mol. The van der Waals surface area contributed by atoms with E-state index in [0.29, 0.717) is 13.2 Å². The Morgan fingerprint density at radius 2 is 2.30 bits per heavy atom. The van der Waals surface area contributed by atoms with Crippen molar-refractivity contribution in [2.45, 2.75) is 25.9 Å². The molecule has 0 N–H and O–H groups in total. The molecule has 2 heterocycles. The Labute approximate surface area is 119 Å². The number of carbonyl (C=O) groups is 1. The Balaban J connectivity index is 1.72. The lowest BCUT2D eigenvalue weighted by molar-refractivity contribution is -0.0163. The maximum atomic E-state index is 12.6. The van der Waals surface area contributed by atoms with Crippen molar-refractivity contribution in [1.82, 2.24) is 4.90 Å². The normalized spacial score (nSPS) is 22.4. The molecule has 1 saturated heterocycles. The van der Waals surface area contributed by atoms with Gasteiger partial charge in [0, 0.05) is 25.1 Å². The summed E-state index contributed by atoms with van der Waals surface area (Å²) in [5, 5.41) is 0. The van der Waals surface area contributed by atoms with Crippen molar-refractivity contribution in [2.75, 3.05) is 32.8 Å². The molecule has 0 amide bonds. The molecular weight excluding hydrogens is 254 g/mol. The van der Waals surface area contributed by atoms with E-state index in [1.165, 1.54) is 0 Å². The number of morpholine rings is 1. The van der Waals surface area contributed by atoms with Gasteiger partial charge in [-0.2, -0.15) is 0 Å². The van der Waals surface area contributed by atoms with E-state index in [-0.39, 0.29) is 11.9 Å². The van der Waals surface area contributed by atoms with Crippen molar-refractivity contribution in [1.29, 1.82) is 0 Å². The summed E-state index contributed by atoms with van der Waals surface area (Å²) in [6.45, 7) is 6.19.